The molecule has 0 rings (SSSR count). The molecule has 9 nitrogen and oxygen atoms in total. The van der Waals surface area contributed by atoms with Gasteiger partial charge in [0.05, 0.1) is 25.4 Å². The molecule has 110 valence electrons. The van der Waals surface area contributed by atoms with E-state index in [0.717, 1.165) is 14.2 Å². The Hall–Kier alpha value is -0.0900. The lowest BCUT2D eigenvalue weighted by atomic mass is 10.0. The molecule has 0 aromatic heterocycles. The van der Waals surface area contributed by atoms with Gasteiger partial charge in [-0.3, -0.25) is 13.6 Å². The normalized spacial score (nSPS) is 19.3. The van der Waals surface area contributed by atoms with Crippen molar-refractivity contribution >= 4 is 7.82 Å². The monoisotopic (exact) mass is 289 g/mol. The highest BCUT2D eigenvalue weighted by molar-refractivity contribution is 7.48. The van der Waals surface area contributed by atoms with E-state index in [4.69, 9.17) is 10.8 Å². The second-order valence-electron chi connectivity index (χ2n) is 3.50. The van der Waals surface area contributed by atoms with Crippen molar-refractivity contribution in [3.8, 4) is 0 Å². The molecule has 4 atom stereocenters. The zero-order valence-corrected chi connectivity index (χ0v) is 11.1. The third-order valence-electron chi connectivity index (χ3n) is 2.24. The molecule has 0 unspecified atom stereocenters. The maximum Gasteiger partial charge on any atom is 0.474 e. The maximum atomic E-state index is 11.5. The molecule has 0 radical (unpaired) electrons. The summed E-state index contributed by atoms with van der Waals surface area (Å²) in [6.07, 6.45) is -4.80. The van der Waals surface area contributed by atoms with Crippen molar-refractivity contribution in [2.75, 3.05) is 27.4 Å². The highest BCUT2D eigenvalue weighted by Crippen LogP contribution is 2.47. The van der Waals surface area contributed by atoms with Crippen LogP contribution >= 0.6 is 7.82 Å². The molecule has 0 aromatic rings. The molecule has 0 aromatic carbocycles. The van der Waals surface area contributed by atoms with Crippen LogP contribution in [0.15, 0.2) is 0 Å². The molecule has 6 N–H and O–H groups in total. The maximum absolute atomic E-state index is 11.5. The van der Waals surface area contributed by atoms with E-state index in [1.54, 1.807) is 0 Å². The average molecular weight is 289 g/mol. The third-order valence-corrected chi connectivity index (χ3v) is 3.60. The molecule has 18 heavy (non-hydrogen) atoms. The van der Waals surface area contributed by atoms with Gasteiger partial charge >= 0.3 is 7.82 Å². The first-order valence-corrected chi connectivity index (χ1v) is 6.54. The molecule has 0 saturated heterocycles. The quantitative estimate of drug-likeness (QED) is 0.298. The van der Waals surface area contributed by atoms with Crippen LogP contribution in [-0.2, 0) is 18.1 Å². The first-order valence-electron chi connectivity index (χ1n) is 5.08. The van der Waals surface area contributed by atoms with Crippen LogP contribution in [0.5, 0.6) is 0 Å². The molecule has 0 spiro atoms. The Kier molecular flexibility index (Phi) is 8.11. The Balaban J connectivity index is 4.32. The zero-order valence-electron chi connectivity index (χ0n) is 10.2. The number of aliphatic hydroxyl groups excluding tert-OH is 4. The van der Waals surface area contributed by atoms with Crippen LogP contribution in [0, 0.1) is 0 Å². The Morgan fingerprint density at radius 3 is 2.06 bits per heavy atom. The lowest BCUT2D eigenvalue weighted by Gasteiger charge is -2.26. The van der Waals surface area contributed by atoms with Crippen LogP contribution in [0.2, 0.25) is 0 Å². The predicted molar refractivity (Wildman–Crippen MR) is 60.7 cm³/mol. The summed E-state index contributed by atoms with van der Waals surface area (Å²) in [5.74, 6) is 0. The molecule has 0 aliphatic rings. The molecular formula is C8H20NO8P. The fraction of sp³-hybridized carbons (Fsp3) is 1.00. The van der Waals surface area contributed by atoms with Gasteiger partial charge in [0.15, 0.2) is 0 Å². The number of aliphatic hydroxyl groups is 4. The van der Waals surface area contributed by atoms with E-state index >= 15 is 0 Å². The minimum atomic E-state index is -3.77. The SMILES string of the molecule is COP(=O)(OC)OC[C@@H](O)[C@@H](O)[C@H](O)[C@@H](N)CO. The predicted octanol–water partition coefficient (Wildman–Crippen LogP) is -2.19. The highest BCUT2D eigenvalue weighted by Gasteiger charge is 2.32. The minimum Gasteiger partial charge on any atom is -0.395 e. The lowest BCUT2D eigenvalue weighted by Crippen LogP contribution is -2.50. The van der Waals surface area contributed by atoms with Gasteiger partial charge in [-0.15, -0.1) is 0 Å². The molecule has 0 saturated carbocycles. The third kappa shape index (κ3) is 5.27. The van der Waals surface area contributed by atoms with Gasteiger partial charge in [-0.1, -0.05) is 0 Å². The minimum absolute atomic E-state index is 0.569. The summed E-state index contributed by atoms with van der Waals surface area (Å²) < 4.78 is 25.0. The van der Waals surface area contributed by atoms with Gasteiger partial charge in [-0.05, 0) is 0 Å². The molecule has 10 heteroatoms. The van der Waals surface area contributed by atoms with Crippen molar-refractivity contribution in [3.63, 3.8) is 0 Å². The van der Waals surface area contributed by atoms with E-state index in [9.17, 15) is 19.9 Å². The Bertz CT molecular complexity index is 270. The van der Waals surface area contributed by atoms with Crippen LogP contribution in [0.25, 0.3) is 0 Å². The largest absolute Gasteiger partial charge is 0.474 e. The van der Waals surface area contributed by atoms with E-state index in [2.05, 4.69) is 13.6 Å². The van der Waals surface area contributed by atoms with Crippen LogP contribution in [0.4, 0.5) is 0 Å². The smallest absolute Gasteiger partial charge is 0.395 e. The summed E-state index contributed by atoms with van der Waals surface area (Å²) in [6, 6.07) is -1.12. The molecule has 0 aliphatic heterocycles. The van der Waals surface area contributed by atoms with Gasteiger partial charge in [-0.2, -0.15) is 0 Å². The van der Waals surface area contributed by atoms with Crippen molar-refractivity contribution in [1.29, 1.82) is 0 Å². The topological polar surface area (TPSA) is 152 Å². The van der Waals surface area contributed by atoms with E-state index in [0.29, 0.717) is 0 Å². The Morgan fingerprint density at radius 1 is 1.17 bits per heavy atom. The van der Waals surface area contributed by atoms with Gasteiger partial charge < -0.3 is 26.2 Å². The number of phosphoric acid groups is 1. The molecular weight excluding hydrogens is 269 g/mol. The van der Waals surface area contributed by atoms with Crippen LogP contribution in [0.1, 0.15) is 0 Å². The molecule has 0 heterocycles. The van der Waals surface area contributed by atoms with Crippen LogP contribution in [-0.4, -0.2) is 72.2 Å². The molecule has 0 amide bonds. The number of nitrogens with two attached hydrogens (primary N) is 1. The molecule has 0 fully saturated rings. The van der Waals surface area contributed by atoms with E-state index in [-0.39, 0.29) is 0 Å². The number of rotatable bonds is 9. The van der Waals surface area contributed by atoms with Crippen molar-refractivity contribution in [3.05, 3.63) is 0 Å². The van der Waals surface area contributed by atoms with Crippen molar-refractivity contribution in [2.24, 2.45) is 5.73 Å². The van der Waals surface area contributed by atoms with E-state index in [1.165, 1.54) is 0 Å². The van der Waals surface area contributed by atoms with Gasteiger partial charge in [0.25, 0.3) is 0 Å². The molecule has 0 aliphatic carbocycles. The van der Waals surface area contributed by atoms with Crippen LogP contribution in [0.3, 0.4) is 0 Å². The Labute approximate surface area is 105 Å². The van der Waals surface area contributed by atoms with Crippen molar-refractivity contribution < 1.29 is 38.6 Å². The second-order valence-corrected chi connectivity index (χ2v) is 5.39. The van der Waals surface area contributed by atoms with E-state index in [1.807, 2.05) is 0 Å². The van der Waals surface area contributed by atoms with E-state index < -0.39 is 45.4 Å². The lowest BCUT2D eigenvalue weighted by molar-refractivity contribution is -0.0870. The van der Waals surface area contributed by atoms with Crippen LogP contribution < -0.4 is 5.73 Å². The van der Waals surface area contributed by atoms with Gasteiger partial charge in [0.2, 0.25) is 0 Å². The first-order chi connectivity index (χ1) is 8.31. The van der Waals surface area contributed by atoms with Gasteiger partial charge in [0.1, 0.15) is 12.2 Å². The average Bonchev–Trinajstić information content (AvgIpc) is 2.41. The summed E-state index contributed by atoms with van der Waals surface area (Å²) >= 11 is 0. The van der Waals surface area contributed by atoms with Gasteiger partial charge in [-0.25, -0.2) is 4.57 Å². The molecule has 0 bridgehead atoms. The summed E-state index contributed by atoms with van der Waals surface area (Å²) in [6.45, 7) is -1.17. The van der Waals surface area contributed by atoms with Crippen molar-refractivity contribution in [1.82, 2.24) is 0 Å². The Morgan fingerprint density at radius 2 is 1.67 bits per heavy atom. The second kappa shape index (κ2) is 8.16. The van der Waals surface area contributed by atoms with Gasteiger partial charge in [0, 0.05) is 14.2 Å². The standard InChI is InChI=1S/C8H20NO8P/c1-15-18(14,16-2)17-4-6(11)8(13)7(12)5(9)3-10/h5-8,10-13H,3-4,9H2,1-2H3/t5-,6+,7+,8+/m0/s1. The summed E-state index contributed by atoms with van der Waals surface area (Å²) in [5.41, 5.74) is 5.27. The summed E-state index contributed by atoms with van der Waals surface area (Å²) in [4.78, 5) is 0. The summed E-state index contributed by atoms with van der Waals surface area (Å²) in [5, 5.41) is 37.1. The first kappa shape index (κ1) is 17.9. The summed E-state index contributed by atoms with van der Waals surface area (Å²) in [7, 11) is -1.60. The van der Waals surface area contributed by atoms with Crippen molar-refractivity contribution in [2.45, 2.75) is 24.4 Å². The number of hydrogen-bond donors (Lipinski definition) is 5. The fourth-order valence-corrected chi connectivity index (χ4v) is 1.73. The number of hydrogen-bond acceptors (Lipinski definition) is 9. The fourth-order valence-electron chi connectivity index (χ4n) is 1.04. The number of phosphoric ester groups is 1. The highest BCUT2D eigenvalue weighted by atomic mass is 31.2. The zero-order chi connectivity index (χ0) is 14.3.